The monoisotopic (exact) mass is 269 g/mol. The van der Waals surface area contributed by atoms with Crippen molar-refractivity contribution in [1.29, 1.82) is 0 Å². The maximum atomic E-state index is 11.5. The normalized spacial score (nSPS) is 11.2. The van der Waals surface area contributed by atoms with Gasteiger partial charge in [-0.15, -0.1) is 0 Å². The summed E-state index contributed by atoms with van der Waals surface area (Å²) in [4.78, 5) is 14.3. The van der Waals surface area contributed by atoms with Crippen molar-refractivity contribution in [2.24, 2.45) is 7.05 Å². The molecule has 2 heterocycles. The van der Waals surface area contributed by atoms with Gasteiger partial charge in [-0.3, -0.25) is 4.79 Å². The molecule has 5 heteroatoms. The van der Waals surface area contributed by atoms with E-state index in [0.29, 0.717) is 4.47 Å². The first-order chi connectivity index (χ1) is 6.95. The largest absolute Gasteiger partial charge is 0.393 e. The van der Waals surface area contributed by atoms with Crippen molar-refractivity contribution in [3.05, 3.63) is 26.1 Å². The van der Waals surface area contributed by atoms with E-state index in [1.807, 2.05) is 25.5 Å². The fourth-order valence-electron chi connectivity index (χ4n) is 1.76. The number of anilines is 1. The lowest BCUT2D eigenvalue weighted by Crippen LogP contribution is -2.12. The summed E-state index contributed by atoms with van der Waals surface area (Å²) in [7, 11) is 1.95. The van der Waals surface area contributed by atoms with Crippen molar-refractivity contribution in [3.8, 4) is 0 Å². The molecule has 0 saturated heterocycles. The highest BCUT2D eigenvalue weighted by Crippen LogP contribution is 2.30. The Balaban J connectivity index is 3.13. The van der Waals surface area contributed by atoms with E-state index >= 15 is 0 Å². The van der Waals surface area contributed by atoms with E-state index in [2.05, 4.69) is 20.9 Å². The summed E-state index contributed by atoms with van der Waals surface area (Å²) in [5.74, 6) is 0. The third-order valence-corrected chi connectivity index (χ3v) is 3.72. The number of fused-ring (bicyclic) bond motifs is 1. The van der Waals surface area contributed by atoms with Crippen LogP contribution >= 0.6 is 15.9 Å². The molecule has 0 fully saturated rings. The number of nitrogen functional groups attached to an aromatic ring is 1. The highest BCUT2D eigenvalue weighted by atomic mass is 79.9. The molecular weight excluding hydrogens is 258 g/mol. The fourth-order valence-corrected chi connectivity index (χ4v) is 2.41. The van der Waals surface area contributed by atoms with Gasteiger partial charge in [0.15, 0.2) is 0 Å². The van der Waals surface area contributed by atoms with E-state index < -0.39 is 0 Å². The lowest BCUT2D eigenvalue weighted by molar-refractivity contribution is 0.908. The Labute approximate surface area is 95.2 Å². The van der Waals surface area contributed by atoms with Crippen LogP contribution in [0.2, 0.25) is 0 Å². The van der Waals surface area contributed by atoms with Gasteiger partial charge in [0.25, 0.3) is 5.56 Å². The molecule has 4 nitrogen and oxygen atoms in total. The maximum Gasteiger partial charge on any atom is 0.272 e. The molecule has 0 aromatic carbocycles. The van der Waals surface area contributed by atoms with E-state index in [9.17, 15) is 4.79 Å². The second kappa shape index (κ2) is 3.13. The van der Waals surface area contributed by atoms with Crippen LogP contribution in [0, 0.1) is 13.8 Å². The van der Waals surface area contributed by atoms with Crippen molar-refractivity contribution in [1.82, 2.24) is 9.55 Å². The predicted octanol–water partition coefficient (Wildman–Crippen LogP) is 1.83. The Bertz CT molecular complexity index is 609. The summed E-state index contributed by atoms with van der Waals surface area (Å²) < 4.78 is 2.68. The van der Waals surface area contributed by atoms with Crippen LogP contribution in [0.15, 0.2) is 9.27 Å². The molecule has 0 radical (unpaired) electrons. The van der Waals surface area contributed by atoms with Gasteiger partial charge in [0.2, 0.25) is 0 Å². The van der Waals surface area contributed by atoms with Gasteiger partial charge in [0.05, 0.1) is 15.5 Å². The summed E-state index contributed by atoms with van der Waals surface area (Å²) in [5.41, 5.74) is 9.62. The number of hydrogen-bond donors (Lipinski definition) is 2. The lowest BCUT2D eigenvalue weighted by Gasteiger charge is -2.03. The minimum atomic E-state index is -0.247. The van der Waals surface area contributed by atoms with Crippen LogP contribution in [-0.4, -0.2) is 9.55 Å². The van der Waals surface area contributed by atoms with Crippen molar-refractivity contribution >= 4 is 32.7 Å². The van der Waals surface area contributed by atoms with Crippen molar-refractivity contribution in [3.63, 3.8) is 0 Å². The number of nitrogens with one attached hydrogen (secondary N) is 1. The zero-order valence-electron chi connectivity index (χ0n) is 8.81. The SMILES string of the molecule is Cc1c(C)n(C)c2c(Br)c(N)c(=O)[nH]c12. The first kappa shape index (κ1) is 10.3. The molecule has 80 valence electrons. The molecule has 2 rings (SSSR count). The van der Waals surface area contributed by atoms with Gasteiger partial charge in [-0.1, -0.05) is 0 Å². The zero-order valence-corrected chi connectivity index (χ0v) is 10.4. The van der Waals surface area contributed by atoms with Crippen molar-refractivity contribution in [2.45, 2.75) is 13.8 Å². The van der Waals surface area contributed by atoms with E-state index in [4.69, 9.17) is 5.73 Å². The number of aromatic nitrogens is 2. The van der Waals surface area contributed by atoms with Crippen LogP contribution in [0.3, 0.4) is 0 Å². The van der Waals surface area contributed by atoms with Gasteiger partial charge >= 0.3 is 0 Å². The standard InChI is InChI=1S/C10H12BrN3O/c1-4-5(2)14(3)9-6(11)7(12)10(15)13-8(4)9/h12H2,1-3H3,(H,13,15). The lowest BCUT2D eigenvalue weighted by atomic mass is 10.2. The molecule has 0 atom stereocenters. The quantitative estimate of drug-likeness (QED) is 0.767. The molecule has 0 aliphatic rings. The van der Waals surface area contributed by atoms with Crippen LogP contribution in [0.5, 0.6) is 0 Å². The maximum absolute atomic E-state index is 11.5. The van der Waals surface area contributed by atoms with E-state index in [0.717, 1.165) is 22.3 Å². The van der Waals surface area contributed by atoms with E-state index in [1.165, 1.54) is 0 Å². The van der Waals surface area contributed by atoms with Crippen LogP contribution in [0.4, 0.5) is 5.69 Å². The van der Waals surface area contributed by atoms with Gasteiger partial charge in [-0.25, -0.2) is 0 Å². The van der Waals surface area contributed by atoms with Crippen molar-refractivity contribution < 1.29 is 0 Å². The Morgan fingerprint density at radius 1 is 1.40 bits per heavy atom. The summed E-state index contributed by atoms with van der Waals surface area (Å²) in [6, 6.07) is 0. The number of H-pyrrole nitrogens is 1. The molecule has 0 aliphatic carbocycles. The Kier molecular flexibility index (Phi) is 2.15. The minimum Gasteiger partial charge on any atom is -0.393 e. The number of nitrogens with zero attached hydrogens (tertiary/aromatic N) is 1. The summed E-state index contributed by atoms with van der Waals surface area (Å²) >= 11 is 3.36. The summed E-state index contributed by atoms with van der Waals surface area (Å²) in [6.45, 7) is 3.99. The number of halogens is 1. The van der Waals surface area contributed by atoms with E-state index in [1.54, 1.807) is 0 Å². The molecule has 2 aromatic rings. The Morgan fingerprint density at radius 2 is 2.00 bits per heavy atom. The minimum absolute atomic E-state index is 0.225. The summed E-state index contributed by atoms with van der Waals surface area (Å²) in [5, 5.41) is 0. The Morgan fingerprint density at radius 3 is 2.60 bits per heavy atom. The molecule has 3 N–H and O–H groups in total. The molecule has 0 unspecified atom stereocenters. The molecule has 0 spiro atoms. The van der Waals surface area contributed by atoms with Crippen LogP contribution in [0.1, 0.15) is 11.3 Å². The average molecular weight is 270 g/mol. The van der Waals surface area contributed by atoms with E-state index in [-0.39, 0.29) is 11.2 Å². The molecule has 15 heavy (non-hydrogen) atoms. The fraction of sp³-hybridized carbons (Fsp3) is 0.300. The second-order valence-electron chi connectivity index (χ2n) is 3.67. The highest BCUT2D eigenvalue weighted by molar-refractivity contribution is 9.10. The van der Waals surface area contributed by atoms with Crippen LogP contribution in [0.25, 0.3) is 11.0 Å². The van der Waals surface area contributed by atoms with Crippen LogP contribution < -0.4 is 11.3 Å². The highest BCUT2D eigenvalue weighted by Gasteiger charge is 2.15. The number of aromatic amines is 1. The number of pyridine rings is 1. The van der Waals surface area contributed by atoms with Gasteiger partial charge in [0, 0.05) is 12.7 Å². The first-order valence-corrected chi connectivity index (χ1v) is 5.37. The van der Waals surface area contributed by atoms with Crippen LogP contribution in [-0.2, 0) is 7.05 Å². The third-order valence-electron chi connectivity index (χ3n) is 2.92. The molecule has 0 aliphatic heterocycles. The predicted molar refractivity (Wildman–Crippen MR) is 65.1 cm³/mol. The first-order valence-electron chi connectivity index (χ1n) is 4.58. The number of aryl methyl sites for hydroxylation is 2. The van der Waals surface area contributed by atoms with Crippen molar-refractivity contribution in [2.75, 3.05) is 5.73 Å². The van der Waals surface area contributed by atoms with Gasteiger partial charge in [-0.2, -0.15) is 0 Å². The Hall–Kier alpha value is -1.23. The van der Waals surface area contributed by atoms with Gasteiger partial charge in [0.1, 0.15) is 5.69 Å². The molecule has 0 saturated carbocycles. The molecule has 2 aromatic heterocycles. The molecular formula is C10H12BrN3O. The number of hydrogen-bond acceptors (Lipinski definition) is 2. The van der Waals surface area contributed by atoms with Gasteiger partial charge < -0.3 is 15.3 Å². The molecule has 0 bridgehead atoms. The third kappa shape index (κ3) is 1.23. The topological polar surface area (TPSA) is 63.8 Å². The second-order valence-corrected chi connectivity index (χ2v) is 4.47. The van der Waals surface area contributed by atoms with Gasteiger partial charge in [-0.05, 0) is 35.3 Å². The summed E-state index contributed by atoms with van der Waals surface area (Å²) in [6.07, 6.45) is 0. The average Bonchev–Trinajstić information content (AvgIpc) is 2.40. The molecule has 0 amide bonds. The zero-order chi connectivity index (χ0) is 11.3. The smallest absolute Gasteiger partial charge is 0.272 e. The number of nitrogens with two attached hydrogens (primary N) is 1. The number of rotatable bonds is 0.